The molecule has 2 aromatic heterocycles. The van der Waals surface area contributed by atoms with Crippen molar-refractivity contribution in [2.24, 2.45) is 0 Å². The van der Waals surface area contributed by atoms with Gasteiger partial charge in [-0.15, -0.1) is 16.4 Å². The van der Waals surface area contributed by atoms with Crippen molar-refractivity contribution in [3.05, 3.63) is 47.6 Å². The van der Waals surface area contributed by atoms with Crippen LogP contribution in [0, 0.1) is 0 Å². The molecule has 0 radical (unpaired) electrons. The van der Waals surface area contributed by atoms with Crippen LogP contribution in [0.2, 0.25) is 0 Å². The Balaban J connectivity index is 1.47. The lowest BCUT2D eigenvalue weighted by Gasteiger charge is -2.04. The number of rotatable bonds is 6. The van der Waals surface area contributed by atoms with Gasteiger partial charge in [0.1, 0.15) is 0 Å². The third-order valence-corrected chi connectivity index (χ3v) is 4.10. The highest BCUT2D eigenvalue weighted by Crippen LogP contribution is 2.25. The summed E-state index contributed by atoms with van der Waals surface area (Å²) < 4.78 is 3.23. The SMILES string of the molecule is c1ccc2c(CNCCCn3ccnn3)csc2c1. The van der Waals surface area contributed by atoms with E-state index < -0.39 is 0 Å². The number of fused-ring (bicyclic) bond motifs is 1. The highest BCUT2D eigenvalue weighted by molar-refractivity contribution is 7.17. The Hall–Kier alpha value is -1.72. The second-order valence-corrected chi connectivity index (χ2v) is 5.36. The third-order valence-electron chi connectivity index (χ3n) is 3.09. The molecular formula is C14H16N4S. The zero-order chi connectivity index (χ0) is 12.9. The van der Waals surface area contributed by atoms with E-state index >= 15 is 0 Å². The first kappa shape index (κ1) is 12.3. The molecule has 0 bridgehead atoms. The van der Waals surface area contributed by atoms with E-state index in [1.165, 1.54) is 15.6 Å². The van der Waals surface area contributed by atoms with Crippen LogP contribution in [0.25, 0.3) is 10.1 Å². The molecule has 0 unspecified atom stereocenters. The third kappa shape index (κ3) is 3.00. The summed E-state index contributed by atoms with van der Waals surface area (Å²) >= 11 is 1.81. The number of aryl methyl sites for hydroxylation is 1. The molecule has 0 fully saturated rings. The molecule has 0 atom stereocenters. The minimum Gasteiger partial charge on any atom is -0.313 e. The molecule has 0 saturated carbocycles. The minimum absolute atomic E-state index is 0.914. The van der Waals surface area contributed by atoms with E-state index in [9.17, 15) is 0 Å². The van der Waals surface area contributed by atoms with Crippen molar-refractivity contribution in [3.63, 3.8) is 0 Å². The molecule has 4 nitrogen and oxygen atoms in total. The quantitative estimate of drug-likeness (QED) is 0.702. The number of aromatic nitrogens is 3. The Labute approximate surface area is 116 Å². The van der Waals surface area contributed by atoms with Gasteiger partial charge >= 0.3 is 0 Å². The molecular weight excluding hydrogens is 256 g/mol. The molecule has 0 aliphatic carbocycles. The lowest BCUT2D eigenvalue weighted by atomic mass is 10.2. The van der Waals surface area contributed by atoms with Crippen molar-refractivity contribution >= 4 is 21.4 Å². The second kappa shape index (κ2) is 5.95. The Morgan fingerprint density at radius 2 is 2.21 bits per heavy atom. The predicted molar refractivity (Wildman–Crippen MR) is 78.2 cm³/mol. The monoisotopic (exact) mass is 272 g/mol. The van der Waals surface area contributed by atoms with Gasteiger partial charge in [0.2, 0.25) is 0 Å². The topological polar surface area (TPSA) is 42.7 Å². The number of thiophene rings is 1. The van der Waals surface area contributed by atoms with Crippen LogP contribution in [0.5, 0.6) is 0 Å². The van der Waals surface area contributed by atoms with Gasteiger partial charge in [0.05, 0.1) is 6.20 Å². The molecule has 1 N–H and O–H groups in total. The van der Waals surface area contributed by atoms with Crippen molar-refractivity contribution in [3.8, 4) is 0 Å². The van der Waals surface area contributed by atoms with Crippen molar-refractivity contribution in [1.29, 1.82) is 0 Å². The summed E-state index contributed by atoms with van der Waals surface area (Å²) in [5, 5.41) is 14.8. The molecule has 3 rings (SSSR count). The number of nitrogens with one attached hydrogen (secondary N) is 1. The Morgan fingerprint density at radius 1 is 1.26 bits per heavy atom. The summed E-state index contributed by atoms with van der Waals surface area (Å²) in [6.45, 7) is 2.84. The zero-order valence-corrected chi connectivity index (χ0v) is 11.4. The fourth-order valence-electron chi connectivity index (χ4n) is 2.11. The highest BCUT2D eigenvalue weighted by atomic mass is 32.1. The molecule has 0 saturated heterocycles. The lowest BCUT2D eigenvalue weighted by Crippen LogP contribution is -2.16. The van der Waals surface area contributed by atoms with Gasteiger partial charge in [-0.1, -0.05) is 23.4 Å². The summed E-state index contributed by atoms with van der Waals surface area (Å²) in [7, 11) is 0. The van der Waals surface area contributed by atoms with Gasteiger partial charge in [0.25, 0.3) is 0 Å². The molecule has 19 heavy (non-hydrogen) atoms. The van der Waals surface area contributed by atoms with Gasteiger partial charge in [-0.05, 0) is 35.4 Å². The van der Waals surface area contributed by atoms with E-state index in [-0.39, 0.29) is 0 Å². The first-order chi connectivity index (χ1) is 9.43. The summed E-state index contributed by atoms with van der Waals surface area (Å²) in [6.07, 6.45) is 4.67. The van der Waals surface area contributed by atoms with Gasteiger partial charge in [-0.3, -0.25) is 4.68 Å². The maximum absolute atomic E-state index is 3.95. The van der Waals surface area contributed by atoms with Crippen LogP contribution in [-0.4, -0.2) is 21.5 Å². The normalized spacial score (nSPS) is 11.2. The second-order valence-electron chi connectivity index (χ2n) is 4.45. The van der Waals surface area contributed by atoms with Gasteiger partial charge in [0, 0.05) is 24.0 Å². The van der Waals surface area contributed by atoms with Crippen LogP contribution in [0.1, 0.15) is 12.0 Å². The molecule has 98 valence electrons. The molecule has 0 aliphatic heterocycles. The Kier molecular flexibility index (Phi) is 3.86. The molecule has 5 heteroatoms. The van der Waals surface area contributed by atoms with E-state index in [1.54, 1.807) is 6.20 Å². The van der Waals surface area contributed by atoms with Gasteiger partial charge in [-0.2, -0.15) is 0 Å². The van der Waals surface area contributed by atoms with E-state index in [2.05, 4.69) is 45.3 Å². The average molecular weight is 272 g/mol. The highest BCUT2D eigenvalue weighted by Gasteiger charge is 2.02. The van der Waals surface area contributed by atoms with E-state index in [4.69, 9.17) is 0 Å². The number of benzene rings is 1. The number of hydrogen-bond acceptors (Lipinski definition) is 4. The van der Waals surface area contributed by atoms with E-state index in [0.717, 1.165) is 26.1 Å². The Bertz CT molecular complexity index is 630. The fraction of sp³-hybridized carbons (Fsp3) is 0.286. The number of hydrogen-bond donors (Lipinski definition) is 1. The smallest absolute Gasteiger partial charge is 0.0692 e. The van der Waals surface area contributed by atoms with Crippen LogP contribution in [0.15, 0.2) is 42.0 Å². The molecule has 0 aliphatic rings. The van der Waals surface area contributed by atoms with E-state index in [1.807, 2.05) is 22.2 Å². The van der Waals surface area contributed by atoms with Crippen LogP contribution in [0.3, 0.4) is 0 Å². The average Bonchev–Trinajstić information content (AvgIpc) is 3.08. The predicted octanol–water partition coefficient (Wildman–Crippen LogP) is 2.67. The number of nitrogens with zero attached hydrogens (tertiary/aromatic N) is 3. The molecule has 0 amide bonds. The van der Waals surface area contributed by atoms with Crippen LogP contribution >= 0.6 is 11.3 Å². The fourth-order valence-corrected chi connectivity index (χ4v) is 3.07. The van der Waals surface area contributed by atoms with Gasteiger partial charge in [0.15, 0.2) is 0 Å². The summed E-state index contributed by atoms with van der Waals surface area (Å²) in [4.78, 5) is 0. The molecule has 1 aromatic carbocycles. The van der Waals surface area contributed by atoms with E-state index in [0.29, 0.717) is 0 Å². The van der Waals surface area contributed by atoms with Gasteiger partial charge in [-0.25, -0.2) is 0 Å². The van der Waals surface area contributed by atoms with Crippen LogP contribution in [-0.2, 0) is 13.1 Å². The van der Waals surface area contributed by atoms with Crippen molar-refractivity contribution in [1.82, 2.24) is 20.3 Å². The van der Waals surface area contributed by atoms with Gasteiger partial charge < -0.3 is 5.32 Å². The first-order valence-corrected chi connectivity index (χ1v) is 7.31. The zero-order valence-electron chi connectivity index (χ0n) is 10.6. The molecule has 2 heterocycles. The maximum Gasteiger partial charge on any atom is 0.0692 e. The first-order valence-electron chi connectivity index (χ1n) is 6.43. The molecule has 0 spiro atoms. The summed E-state index contributed by atoms with van der Waals surface area (Å²) in [5.41, 5.74) is 1.39. The van der Waals surface area contributed by atoms with Crippen molar-refractivity contribution in [2.75, 3.05) is 6.54 Å². The Morgan fingerprint density at radius 3 is 3.11 bits per heavy atom. The molecule has 3 aromatic rings. The standard InChI is InChI=1S/C14H16N4S/c1-2-5-14-13(4-1)12(11-19-14)10-15-6-3-8-18-9-7-16-17-18/h1-2,4-5,7,9,11,15H,3,6,8,10H2. The summed E-state index contributed by atoms with van der Waals surface area (Å²) in [5.74, 6) is 0. The summed E-state index contributed by atoms with van der Waals surface area (Å²) in [6, 6.07) is 8.56. The van der Waals surface area contributed by atoms with Crippen LogP contribution in [0.4, 0.5) is 0 Å². The van der Waals surface area contributed by atoms with Crippen molar-refractivity contribution < 1.29 is 0 Å². The largest absolute Gasteiger partial charge is 0.313 e. The van der Waals surface area contributed by atoms with Crippen LogP contribution < -0.4 is 5.32 Å². The lowest BCUT2D eigenvalue weighted by molar-refractivity contribution is 0.530. The minimum atomic E-state index is 0.914. The van der Waals surface area contributed by atoms with Crippen molar-refractivity contribution in [2.45, 2.75) is 19.5 Å². The maximum atomic E-state index is 3.95.